The van der Waals surface area contributed by atoms with Crippen LogP contribution in [0.1, 0.15) is 25.6 Å². The highest BCUT2D eigenvalue weighted by Crippen LogP contribution is 2.24. The van der Waals surface area contributed by atoms with Gasteiger partial charge in [-0.15, -0.1) is 0 Å². The predicted octanol–water partition coefficient (Wildman–Crippen LogP) is 3.42. The molecule has 0 radical (unpaired) electrons. The first-order valence-corrected chi connectivity index (χ1v) is 8.96. The molecule has 0 bridgehead atoms. The van der Waals surface area contributed by atoms with Gasteiger partial charge < -0.3 is 9.88 Å². The monoisotopic (exact) mass is 340 g/mol. The van der Waals surface area contributed by atoms with Gasteiger partial charge in [0.1, 0.15) is 0 Å². The van der Waals surface area contributed by atoms with Gasteiger partial charge in [-0.05, 0) is 38.1 Å². The second-order valence-corrected chi connectivity index (χ2v) is 6.40. The van der Waals surface area contributed by atoms with Crippen molar-refractivity contribution in [1.82, 2.24) is 19.9 Å². The van der Waals surface area contributed by atoms with Crippen LogP contribution in [0.25, 0.3) is 11.0 Å². The van der Waals surface area contributed by atoms with Gasteiger partial charge in [0.25, 0.3) is 0 Å². The van der Waals surface area contributed by atoms with Crippen LogP contribution in [0.2, 0.25) is 0 Å². The minimum absolute atomic E-state index is 0.0205. The van der Waals surface area contributed by atoms with E-state index in [4.69, 9.17) is 0 Å². The summed E-state index contributed by atoms with van der Waals surface area (Å²) in [6, 6.07) is 13.6. The molecule has 3 aromatic rings. The van der Waals surface area contributed by atoms with Gasteiger partial charge in [-0.1, -0.05) is 30.0 Å². The first-order chi connectivity index (χ1) is 11.7. The lowest BCUT2D eigenvalue weighted by atomic mass is 10.2. The largest absolute Gasteiger partial charge is 0.347 e. The van der Waals surface area contributed by atoms with Crippen molar-refractivity contribution in [2.45, 2.75) is 31.6 Å². The minimum Gasteiger partial charge on any atom is -0.347 e. The zero-order chi connectivity index (χ0) is 16.9. The van der Waals surface area contributed by atoms with Crippen LogP contribution in [0.5, 0.6) is 0 Å². The van der Waals surface area contributed by atoms with E-state index in [9.17, 15) is 4.79 Å². The molecular formula is C18H20N4OS. The number of aromatic nitrogens is 3. The van der Waals surface area contributed by atoms with Crippen LogP contribution in [-0.4, -0.2) is 26.2 Å². The Morgan fingerprint density at radius 3 is 2.79 bits per heavy atom. The average Bonchev–Trinajstić information content (AvgIpc) is 2.98. The molecule has 3 rings (SSSR count). The normalized spacial score (nSPS) is 12.2. The number of hydrogen-bond acceptors (Lipinski definition) is 4. The minimum atomic E-state index is -0.107. The van der Waals surface area contributed by atoms with Crippen molar-refractivity contribution < 1.29 is 4.79 Å². The summed E-state index contributed by atoms with van der Waals surface area (Å²) in [5.74, 6) is 0.313. The van der Waals surface area contributed by atoms with Crippen LogP contribution >= 0.6 is 11.8 Å². The molecule has 1 aromatic carbocycles. The number of rotatable bonds is 6. The molecule has 0 aliphatic heterocycles. The Morgan fingerprint density at radius 2 is 2.04 bits per heavy atom. The number of pyridine rings is 1. The first kappa shape index (κ1) is 16.5. The van der Waals surface area contributed by atoms with Crippen LogP contribution in [0.15, 0.2) is 53.8 Å². The van der Waals surface area contributed by atoms with Gasteiger partial charge in [-0.25, -0.2) is 4.98 Å². The van der Waals surface area contributed by atoms with Crippen LogP contribution < -0.4 is 5.32 Å². The Bertz CT molecular complexity index is 831. The van der Waals surface area contributed by atoms with Crippen molar-refractivity contribution in [3.8, 4) is 0 Å². The smallest absolute Gasteiger partial charge is 0.231 e. The second kappa shape index (κ2) is 7.49. The number of fused-ring (bicyclic) bond motifs is 1. The number of carbonyl (C=O) groups is 1. The van der Waals surface area contributed by atoms with Gasteiger partial charge in [0, 0.05) is 12.7 Å². The maximum absolute atomic E-state index is 12.2. The molecule has 0 saturated carbocycles. The molecule has 2 aromatic heterocycles. The van der Waals surface area contributed by atoms with E-state index in [1.165, 1.54) is 11.8 Å². The highest BCUT2D eigenvalue weighted by molar-refractivity contribution is 7.99. The molecule has 0 aliphatic carbocycles. The summed E-state index contributed by atoms with van der Waals surface area (Å²) in [6.07, 6.45) is 1.73. The molecule has 124 valence electrons. The standard InChI is InChI=1S/C18H20N4OS/c1-3-22-16-10-5-4-9-15(16)21-18(22)24-12-17(23)20-13(2)14-8-6-7-11-19-14/h4-11,13H,3,12H2,1-2H3,(H,20,23). The molecule has 0 aliphatic rings. The first-order valence-electron chi connectivity index (χ1n) is 7.97. The topological polar surface area (TPSA) is 59.8 Å². The van der Waals surface area contributed by atoms with Crippen molar-refractivity contribution in [3.63, 3.8) is 0 Å². The van der Waals surface area contributed by atoms with Crippen molar-refractivity contribution in [2.24, 2.45) is 0 Å². The number of thioether (sulfide) groups is 1. The van der Waals surface area contributed by atoms with Crippen LogP contribution in [-0.2, 0) is 11.3 Å². The zero-order valence-corrected chi connectivity index (χ0v) is 14.6. The van der Waals surface area contributed by atoms with Crippen molar-refractivity contribution in [1.29, 1.82) is 0 Å². The zero-order valence-electron chi connectivity index (χ0n) is 13.8. The quantitative estimate of drug-likeness (QED) is 0.699. The fourth-order valence-corrected chi connectivity index (χ4v) is 3.48. The van der Waals surface area contributed by atoms with Gasteiger partial charge in [-0.2, -0.15) is 0 Å². The molecule has 24 heavy (non-hydrogen) atoms. The Morgan fingerprint density at radius 1 is 1.25 bits per heavy atom. The fraction of sp³-hybridized carbons (Fsp3) is 0.278. The lowest BCUT2D eigenvalue weighted by Gasteiger charge is -2.13. The Kier molecular flexibility index (Phi) is 5.15. The van der Waals surface area contributed by atoms with Crippen LogP contribution in [0, 0.1) is 0 Å². The lowest BCUT2D eigenvalue weighted by molar-refractivity contribution is -0.119. The molecule has 1 amide bonds. The number of amides is 1. The summed E-state index contributed by atoms with van der Waals surface area (Å²) < 4.78 is 2.13. The molecule has 0 fully saturated rings. The molecule has 2 heterocycles. The predicted molar refractivity (Wildman–Crippen MR) is 96.9 cm³/mol. The number of nitrogens with zero attached hydrogens (tertiary/aromatic N) is 3. The average molecular weight is 340 g/mol. The van der Waals surface area contributed by atoms with Crippen LogP contribution in [0.4, 0.5) is 0 Å². The van der Waals surface area contributed by atoms with Gasteiger partial charge in [0.05, 0.1) is 28.5 Å². The fourth-order valence-electron chi connectivity index (χ4n) is 2.59. The SMILES string of the molecule is CCn1c(SCC(=O)NC(C)c2ccccn2)nc2ccccc21. The highest BCUT2D eigenvalue weighted by Gasteiger charge is 2.14. The van der Waals surface area contributed by atoms with E-state index < -0.39 is 0 Å². The molecule has 1 unspecified atom stereocenters. The van der Waals surface area contributed by atoms with Gasteiger partial charge in [-0.3, -0.25) is 9.78 Å². The van der Waals surface area contributed by atoms with Gasteiger partial charge in [0.2, 0.25) is 5.91 Å². The van der Waals surface area contributed by atoms with Crippen molar-refractivity contribution in [2.75, 3.05) is 5.75 Å². The number of nitrogens with one attached hydrogen (secondary N) is 1. The molecule has 0 spiro atoms. The third kappa shape index (κ3) is 3.59. The number of benzene rings is 1. The number of imidazole rings is 1. The Hall–Kier alpha value is -2.34. The Labute approximate surface area is 145 Å². The Balaban J connectivity index is 1.64. The molecular weight excluding hydrogens is 320 g/mol. The maximum Gasteiger partial charge on any atom is 0.231 e. The maximum atomic E-state index is 12.2. The third-order valence-corrected chi connectivity index (χ3v) is 4.75. The van der Waals surface area contributed by atoms with E-state index in [1.807, 2.05) is 43.3 Å². The third-order valence-electron chi connectivity index (χ3n) is 3.78. The summed E-state index contributed by atoms with van der Waals surface area (Å²) >= 11 is 1.46. The van der Waals surface area contributed by atoms with E-state index >= 15 is 0 Å². The molecule has 1 N–H and O–H groups in total. The second-order valence-electron chi connectivity index (χ2n) is 5.46. The summed E-state index contributed by atoms with van der Waals surface area (Å²) in [5.41, 5.74) is 2.92. The number of hydrogen-bond donors (Lipinski definition) is 1. The van der Waals surface area contributed by atoms with E-state index in [0.717, 1.165) is 28.4 Å². The molecule has 1 atom stereocenters. The van der Waals surface area contributed by atoms with E-state index in [0.29, 0.717) is 5.75 Å². The lowest BCUT2D eigenvalue weighted by Crippen LogP contribution is -2.28. The van der Waals surface area contributed by atoms with Crippen LogP contribution in [0.3, 0.4) is 0 Å². The highest BCUT2D eigenvalue weighted by atomic mass is 32.2. The van der Waals surface area contributed by atoms with Gasteiger partial charge in [0.15, 0.2) is 5.16 Å². The summed E-state index contributed by atoms with van der Waals surface area (Å²) in [7, 11) is 0. The van der Waals surface area contributed by atoms with Gasteiger partial charge >= 0.3 is 0 Å². The van der Waals surface area contributed by atoms with E-state index in [1.54, 1.807) is 6.20 Å². The molecule has 0 saturated heterocycles. The van der Waals surface area contributed by atoms with E-state index in [-0.39, 0.29) is 11.9 Å². The number of aryl methyl sites for hydroxylation is 1. The number of para-hydroxylation sites is 2. The van der Waals surface area contributed by atoms with E-state index in [2.05, 4.69) is 32.8 Å². The molecule has 6 heteroatoms. The van der Waals surface area contributed by atoms with Crippen molar-refractivity contribution >= 4 is 28.7 Å². The summed E-state index contributed by atoms with van der Waals surface area (Å²) in [4.78, 5) is 21.1. The summed E-state index contributed by atoms with van der Waals surface area (Å²) in [5, 5.41) is 3.85. The number of carbonyl (C=O) groups excluding carboxylic acids is 1. The van der Waals surface area contributed by atoms with Crippen molar-refractivity contribution in [3.05, 3.63) is 54.4 Å². The molecule has 5 nitrogen and oxygen atoms in total. The summed E-state index contributed by atoms with van der Waals surface area (Å²) in [6.45, 7) is 4.85.